The summed E-state index contributed by atoms with van der Waals surface area (Å²) in [7, 11) is 0. The number of phenolic OH excluding ortho intramolecular Hbond substituents is 1. The van der Waals surface area contributed by atoms with Crippen molar-refractivity contribution in [1.82, 2.24) is 5.32 Å². The largest absolute Gasteiger partial charge is 0.504 e. The predicted octanol–water partition coefficient (Wildman–Crippen LogP) is 2.40. The van der Waals surface area contributed by atoms with Gasteiger partial charge in [-0.3, -0.25) is 0 Å². The van der Waals surface area contributed by atoms with Crippen LogP contribution in [0.2, 0.25) is 5.02 Å². The highest BCUT2D eigenvalue weighted by molar-refractivity contribution is 6.32. The highest BCUT2D eigenvalue weighted by Crippen LogP contribution is 2.35. The second-order valence-electron chi connectivity index (χ2n) is 3.61. The van der Waals surface area contributed by atoms with Gasteiger partial charge in [-0.2, -0.15) is 4.39 Å². The molecule has 0 aromatic heterocycles. The lowest BCUT2D eigenvalue weighted by Crippen LogP contribution is -2.09. The molecule has 1 aliphatic heterocycles. The topological polar surface area (TPSA) is 32.3 Å². The molecule has 1 unspecified atom stereocenters. The third-order valence-electron chi connectivity index (χ3n) is 2.66. The fraction of sp³-hybridized carbons (Fsp3) is 0.400. The molecule has 0 bridgehead atoms. The molecule has 15 heavy (non-hydrogen) atoms. The molecule has 0 spiro atoms. The van der Waals surface area contributed by atoms with Crippen molar-refractivity contribution in [3.63, 3.8) is 0 Å². The molecule has 2 N–H and O–H groups in total. The molecule has 1 fully saturated rings. The molecular formula is C10H10ClF2NO. The summed E-state index contributed by atoms with van der Waals surface area (Å²) in [6.07, 6.45) is 0.747. The van der Waals surface area contributed by atoms with Crippen LogP contribution >= 0.6 is 11.6 Å². The molecule has 1 saturated heterocycles. The first-order chi connectivity index (χ1) is 7.11. The van der Waals surface area contributed by atoms with Gasteiger partial charge in [0.15, 0.2) is 11.6 Å². The number of hydrogen-bond acceptors (Lipinski definition) is 2. The highest BCUT2D eigenvalue weighted by atomic mass is 35.5. The minimum absolute atomic E-state index is 0.0717. The molecular weight excluding hydrogens is 224 g/mol. The highest BCUT2D eigenvalue weighted by Gasteiger charge is 2.25. The SMILES string of the molecule is Oc1c(Cl)cc(C2CCNC2)c(F)c1F. The van der Waals surface area contributed by atoms with Crippen molar-refractivity contribution in [3.05, 3.63) is 28.3 Å². The van der Waals surface area contributed by atoms with Crippen molar-refractivity contribution in [2.24, 2.45) is 0 Å². The van der Waals surface area contributed by atoms with Crippen LogP contribution in [0.3, 0.4) is 0 Å². The summed E-state index contributed by atoms with van der Waals surface area (Å²) in [5, 5.41) is 12.0. The van der Waals surface area contributed by atoms with E-state index in [1.54, 1.807) is 0 Å². The van der Waals surface area contributed by atoms with Gasteiger partial charge in [0.2, 0.25) is 5.82 Å². The summed E-state index contributed by atoms with van der Waals surface area (Å²) in [5.41, 5.74) is 0.236. The van der Waals surface area contributed by atoms with E-state index in [2.05, 4.69) is 5.32 Å². The minimum Gasteiger partial charge on any atom is -0.504 e. The van der Waals surface area contributed by atoms with Crippen molar-refractivity contribution in [3.8, 4) is 5.75 Å². The zero-order valence-electron chi connectivity index (χ0n) is 7.86. The molecule has 1 aromatic rings. The van der Waals surface area contributed by atoms with Crippen LogP contribution in [0.5, 0.6) is 5.75 Å². The number of hydrogen-bond donors (Lipinski definition) is 2. The molecule has 0 amide bonds. The molecule has 2 rings (SSSR count). The second-order valence-corrected chi connectivity index (χ2v) is 4.02. The minimum atomic E-state index is -1.26. The van der Waals surface area contributed by atoms with Gasteiger partial charge in [0.25, 0.3) is 0 Å². The van der Waals surface area contributed by atoms with Gasteiger partial charge in [-0.05, 0) is 24.6 Å². The zero-order chi connectivity index (χ0) is 11.0. The Hall–Kier alpha value is -0.870. The summed E-state index contributed by atoms with van der Waals surface area (Å²) in [5.74, 6) is -3.14. The molecule has 1 aromatic carbocycles. The van der Waals surface area contributed by atoms with Crippen LogP contribution in [-0.4, -0.2) is 18.2 Å². The summed E-state index contributed by atoms with van der Waals surface area (Å²) in [4.78, 5) is 0. The molecule has 1 heterocycles. The van der Waals surface area contributed by atoms with E-state index in [4.69, 9.17) is 16.7 Å². The zero-order valence-corrected chi connectivity index (χ0v) is 8.61. The maximum atomic E-state index is 13.5. The van der Waals surface area contributed by atoms with Gasteiger partial charge in [0, 0.05) is 12.5 Å². The monoisotopic (exact) mass is 233 g/mol. The summed E-state index contributed by atoms with van der Waals surface area (Å²) >= 11 is 5.59. The molecule has 2 nitrogen and oxygen atoms in total. The van der Waals surface area contributed by atoms with E-state index in [-0.39, 0.29) is 16.5 Å². The first-order valence-corrected chi connectivity index (χ1v) is 5.06. The Labute approximate surface area is 90.9 Å². The van der Waals surface area contributed by atoms with Gasteiger partial charge >= 0.3 is 0 Å². The van der Waals surface area contributed by atoms with Crippen LogP contribution in [0.4, 0.5) is 8.78 Å². The van der Waals surface area contributed by atoms with Gasteiger partial charge in [0.1, 0.15) is 0 Å². The number of nitrogens with one attached hydrogen (secondary N) is 1. The van der Waals surface area contributed by atoms with Gasteiger partial charge < -0.3 is 10.4 Å². The lowest BCUT2D eigenvalue weighted by Gasteiger charge is -2.12. The molecule has 1 aliphatic rings. The summed E-state index contributed by atoms with van der Waals surface area (Å²) < 4.78 is 26.6. The van der Waals surface area contributed by atoms with Gasteiger partial charge in [-0.15, -0.1) is 0 Å². The normalized spacial score (nSPS) is 20.9. The number of rotatable bonds is 1. The van der Waals surface area contributed by atoms with E-state index in [0.29, 0.717) is 6.54 Å². The van der Waals surface area contributed by atoms with Gasteiger partial charge in [0.05, 0.1) is 5.02 Å². The average molecular weight is 234 g/mol. The number of benzene rings is 1. The van der Waals surface area contributed by atoms with Crippen molar-refractivity contribution in [1.29, 1.82) is 0 Å². The van der Waals surface area contributed by atoms with Crippen molar-refractivity contribution in [2.75, 3.05) is 13.1 Å². The second kappa shape index (κ2) is 3.94. The smallest absolute Gasteiger partial charge is 0.202 e. The van der Waals surface area contributed by atoms with Crippen LogP contribution in [0.15, 0.2) is 6.07 Å². The fourth-order valence-corrected chi connectivity index (χ4v) is 2.02. The Kier molecular flexibility index (Phi) is 2.80. The van der Waals surface area contributed by atoms with E-state index >= 15 is 0 Å². The van der Waals surface area contributed by atoms with Crippen LogP contribution in [0, 0.1) is 11.6 Å². The predicted molar refractivity (Wildman–Crippen MR) is 53.3 cm³/mol. The Morgan fingerprint density at radius 2 is 2.13 bits per heavy atom. The summed E-state index contributed by atoms with van der Waals surface area (Å²) in [6, 6.07) is 1.30. The van der Waals surface area contributed by atoms with Crippen LogP contribution < -0.4 is 5.32 Å². The molecule has 82 valence electrons. The van der Waals surface area contributed by atoms with Crippen LogP contribution in [0.25, 0.3) is 0 Å². The number of aromatic hydroxyl groups is 1. The maximum absolute atomic E-state index is 13.5. The van der Waals surface area contributed by atoms with E-state index in [1.165, 1.54) is 6.07 Å². The fourth-order valence-electron chi connectivity index (χ4n) is 1.82. The maximum Gasteiger partial charge on any atom is 0.202 e. The van der Waals surface area contributed by atoms with Gasteiger partial charge in [-0.25, -0.2) is 4.39 Å². The van der Waals surface area contributed by atoms with Crippen molar-refractivity contribution >= 4 is 11.6 Å². The van der Waals surface area contributed by atoms with Crippen molar-refractivity contribution in [2.45, 2.75) is 12.3 Å². The Morgan fingerprint density at radius 3 is 2.73 bits per heavy atom. The van der Waals surface area contributed by atoms with Crippen molar-refractivity contribution < 1.29 is 13.9 Å². The Balaban J connectivity index is 2.47. The Morgan fingerprint density at radius 1 is 1.40 bits per heavy atom. The first-order valence-electron chi connectivity index (χ1n) is 4.68. The summed E-state index contributed by atoms with van der Waals surface area (Å²) in [6.45, 7) is 1.39. The molecule has 1 atom stereocenters. The van der Waals surface area contributed by atoms with Gasteiger partial charge in [-0.1, -0.05) is 11.6 Å². The quantitative estimate of drug-likeness (QED) is 0.730. The third kappa shape index (κ3) is 1.79. The third-order valence-corrected chi connectivity index (χ3v) is 2.95. The Bertz CT molecular complexity index is 391. The molecule has 0 radical (unpaired) electrons. The van der Waals surface area contributed by atoms with E-state index in [9.17, 15) is 8.78 Å². The van der Waals surface area contributed by atoms with E-state index in [1.807, 2.05) is 0 Å². The van der Waals surface area contributed by atoms with E-state index in [0.717, 1.165) is 13.0 Å². The molecule has 0 saturated carbocycles. The van der Waals surface area contributed by atoms with Crippen LogP contribution in [0.1, 0.15) is 17.9 Å². The van der Waals surface area contributed by atoms with Crippen LogP contribution in [-0.2, 0) is 0 Å². The molecule has 5 heteroatoms. The lowest BCUT2D eigenvalue weighted by molar-refractivity contribution is 0.402. The standard InChI is InChI=1S/C10H10ClF2NO/c11-7-3-6(5-1-2-14-4-5)8(12)9(13)10(7)15/h3,5,14-15H,1-2,4H2. The average Bonchev–Trinajstić information content (AvgIpc) is 2.73. The molecule has 0 aliphatic carbocycles. The number of halogens is 3. The van der Waals surface area contributed by atoms with E-state index < -0.39 is 17.4 Å². The number of phenols is 1. The first kappa shape index (κ1) is 10.6. The lowest BCUT2D eigenvalue weighted by atomic mass is 9.97.